The summed E-state index contributed by atoms with van der Waals surface area (Å²) in [4.78, 5) is 8.08. The third-order valence-corrected chi connectivity index (χ3v) is 5.71. The summed E-state index contributed by atoms with van der Waals surface area (Å²) >= 11 is 0. The molecular formula is C16H42O6Si2. The second-order valence-corrected chi connectivity index (χ2v) is 9.52. The molecule has 0 aliphatic carbocycles. The van der Waals surface area contributed by atoms with Crippen molar-refractivity contribution < 1.29 is 27.5 Å². The molecule has 0 aromatic heterocycles. The Morgan fingerprint density at radius 2 is 1.29 bits per heavy atom. The fourth-order valence-electron chi connectivity index (χ4n) is 1.14. The summed E-state index contributed by atoms with van der Waals surface area (Å²) in [5.41, 5.74) is 1.58. The number of rotatable bonds is 9. The Balaban J connectivity index is -0.000000122. The van der Waals surface area contributed by atoms with Gasteiger partial charge in [-0.3, -0.25) is 0 Å². The molecule has 0 saturated heterocycles. The van der Waals surface area contributed by atoms with Crippen LogP contribution in [0.3, 0.4) is 0 Å². The lowest BCUT2D eigenvalue weighted by Gasteiger charge is -2.19. The van der Waals surface area contributed by atoms with Gasteiger partial charge in [-0.2, -0.15) is 0 Å². The highest BCUT2D eigenvalue weighted by molar-refractivity contribution is 6.66. The molecule has 0 heterocycles. The van der Waals surface area contributed by atoms with Gasteiger partial charge in [0.2, 0.25) is 0 Å². The molecule has 6 nitrogen and oxygen atoms in total. The summed E-state index contributed by atoms with van der Waals surface area (Å²) in [5, 5.41) is 0. The molecule has 0 N–H and O–H groups in total. The van der Waals surface area contributed by atoms with Crippen molar-refractivity contribution in [3.8, 4) is 0 Å². The van der Waals surface area contributed by atoms with Crippen molar-refractivity contribution >= 4 is 18.6 Å². The van der Waals surface area contributed by atoms with E-state index in [-0.39, 0.29) is 9.76 Å². The van der Waals surface area contributed by atoms with Crippen molar-refractivity contribution in [2.75, 3.05) is 42.7 Å². The van der Waals surface area contributed by atoms with Crippen LogP contribution in [0.5, 0.6) is 0 Å². The average Bonchev–Trinajstić information content (AvgIpc) is 2.59. The van der Waals surface area contributed by atoms with E-state index in [1.54, 1.807) is 27.0 Å². The smallest absolute Gasteiger partial charge is 0.427 e. The Hall–Kier alpha value is -0.0662. The van der Waals surface area contributed by atoms with Crippen molar-refractivity contribution in [2.45, 2.75) is 46.6 Å². The van der Waals surface area contributed by atoms with Crippen LogP contribution < -0.4 is 0 Å². The van der Waals surface area contributed by atoms with Crippen LogP contribution in [0.4, 0.5) is 0 Å². The molecule has 0 amide bonds. The van der Waals surface area contributed by atoms with Crippen molar-refractivity contribution in [1.82, 2.24) is 0 Å². The van der Waals surface area contributed by atoms with Crippen LogP contribution >= 0.6 is 0 Å². The van der Waals surface area contributed by atoms with Gasteiger partial charge in [0.15, 0.2) is 9.76 Å². The molecule has 0 aliphatic rings. The molecule has 0 radical (unpaired) electrons. The van der Waals surface area contributed by atoms with Crippen LogP contribution in [0.1, 0.15) is 40.5 Å². The maximum Gasteiger partial charge on any atom is 0.528 e. The molecule has 0 rings (SSSR count). The Kier molecular flexibility index (Phi) is 36.7. The van der Waals surface area contributed by atoms with Gasteiger partial charge in [0.1, 0.15) is 0 Å². The zero-order chi connectivity index (χ0) is 19.9. The van der Waals surface area contributed by atoms with E-state index in [9.17, 15) is 0 Å². The van der Waals surface area contributed by atoms with Crippen molar-refractivity contribution in [3.05, 3.63) is 12.3 Å². The molecule has 0 aliphatic heterocycles. The first-order chi connectivity index (χ1) is 11.3. The summed E-state index contributed by atoms with van der Waals surface area (Å²) < 4.78 is 19.9. The van der Waals surface area contributed by atoms with Crippen LogP contribution in [0.25, 0.3) is 0 Å². The Labute approximate surface area is 154 Å². The summed E-state index contributed by atoms with van der Waals surface area (Å²) in [6.07, 6.45) is 2.60. The van der Waals surface area contributed by atoms with Crippen LogP contribution in [-0.4, -0.2) is 61.2 Å². The molecule has 0 atom stereocenters. The SMILES string of the molecule is C=C[Si](OC)(OC)OC.CCC.COOC.CO[SiH2]CCC(C)C. The van der Waals surface area contributed by atoms with Gasteiger partial charge in [0.05, 0.1) is 14.2 Å². The van der Waals surface area contributed by atoms with E-state index in [1.165, 1.54) is 33.1 Å². The zero-order valence-corrected chi connectivity index (χ0v) is 20.1. The van der Waals surface area contributed by atoms with E-state index in [4.69, 9.17) is 17.7 Å². The maximum absolute atomic E-state index is 5.03. The van der Waals surface area contributed by atoms with Gasteiger partial charge in [-0.05, 0) is 17.7 Å². The summed E-state index contributed by atoms with van der Waals surface area (Å²) in [6, 6.07) is 1.34. The normalized spacial score (nSPS) is 10.3. The summed E-state index contributed by atoms with van der Waals surface area (Å²) in [7, 11) is 6.81. The van der Waals surface area contributed by atoms with Gasteiger partial charge in [0.25, 0.3) is 0 Å². The van der Waals surface area contributed by atoms with E-state index in [0.29, 0.717) is 0 Å². The molecule has 0 fully saturated rings. The average molecular weight is 387 g/mol. The predicted molar refractivity (Wildman–Crippen MR) is 107 cm³/mol. The Bertz CT molecular complexity index is 204. The lowest BCUT2D eigenvalue weighted by Crippen LogP contribution is -2.40. The van der Waals surface area contributed by atoms with E-state index in [2.05, 4.69) is 44.0 Å². The molecule has 0 aromatic carbocycles. The quantitative estimate of drug-likeness (QED) is 0.262. The minimum atomic E-state index is -2.43. The fourth-order valence-corrected chi connectivity index (χ4v) is 3.41. The molecule has 8 heteroatoms. The highest BCUT2D eigenvalue weighted by Crippen LogP contribution is 2.05. The molecule has 0 unspecified atom stereocenters. The molecule has 0 bridgehead atoms. The third kappa shape index (κ3) is 29.9. The largest absolute Gasteiger partial charge is 0.528 e. The van der Waals surface area contributed by atoms with E-state index < -0.39 is 8.80 Å². The molecule has 0 saturated carbocycles. The van der Waals surface area contributed by atoms with E-state index >= 15 is 0 Å². The van der Waals surface area contributed by atoms with Crippen LogP contribution in [0.2, 0.25) is 6.04 Å². The summed E-state index contributed by atoms with van der Waals surface area (Å²) in [5.74, 6) is 0.859. The lowest BCUT2D eigenvalue weighted by molar-refractivity contribution is -0.248. The van der Waals surface area contributed by atoms with Crippen molar-refractivity contribution in [1.29, 1.82) is 0 Å². The van der Waals surface area contributed by atoms with Gasteiger partial charge in [-0.1, -0.05) is 47.1 Å². The van der Waals surface area contributed by atoms with Crippen molar-refractivity contribution in [3.63, 3.8) is 0 Å². The van der Waals surface area contributed by atoms with Gasteiger partial charge >= 0.3 is 8.80 Å². The van der Waals surface area contributed by atoms with Crippen LogP contribution in [0.15, 0.2) is 12.3 Å². The van der Waals surface area contributed by atoms with Crippen LogP contribution in [-0.2, 0) is 27.5 Å². The Morgan fingerprint density at radius 3 is 1.42 bits per heavy atom. The van der Waals surface area contributed by atoms with E-state index in [1.807, 2.05) is 7.11 Å². The first-order valence-corrected chi connectivity index (χ1v) is 11.6. The summed E-state index contributed by atoms with van der Waals surface area (Å²) in [6.45, 7) is 12.3. The van der Waals surface area contributed by atoms with Gasteiger partial charge in [0, 0.05) is 28.4 Å². The van der Waals surface area contributed by atoms with Gasteiger partial charge in [-0.15, -0.1) is 0 Å². The standard InChI is InChI=1S/C6H16OSi.C5H12O3Si.C3H8.C2H6O2/c1-6(2)4-5-8-7-3;1-5-9(6-2,7-3)8-4;1-3-2;1-3-4-2/h6H,4-5,8H2,1-3H3;5H,1H2,2-4H3;3H2,1-2H3;1-2H3. The lowest BCUT2D eigenvalue weighted by atomic mass is 10.2. The number of hydrogen-bond donors (Lipinski definition) is 0. The minimum Gasteiger partial charge on any atom is -0.427 e. The highest BCUT2D eigenvalue weighted by Gasteiger charge is 2.33. The highest BCUT2D eigenvalue weighted by atomic mass is 28.4. The number of hydrogen-bond acceptors (Lipinski definition) is 6. The maximum atomic E-state index is 5.03. The second-order valence-electron chi connectivity index (χ2n) is 4.99. The van der Waals surface area contributed by atoms with Crippen molar-refractivity contribution in [2.24, 2.45) is 5.92 Å². The van der Waals surface area contributed by atoms with Crippen LogP contribution in [0, 0.1) is 5.92 Å². The topological polar surface area (TPSA) is 55.4 Å². The molecule has 0 spiro atoms. The zero-order valence-electron chi connectivity index (χ0n) is 17.6. The molecule has 24 heavy (non-hydrogen) atoms. The van der Waals surface area contributed by atoms with E-state index in [0.717, 1.165) is 5.92 Å². The second kappa shape index (κ2) is 27.8. The first kappa shape index (κ1) is 31.7. The van der Waals surface area contributed by atoms with Gasteiger partial charge in [-0.25, -0.2) is 9.78 Å². The van der Waals surface area contributed by atoms with Gasteiger partial charge < -0.3 is 17.7 Å². The molecule has 0 aromatic rings. The fraction of sp³-hybridized carbons (Fsp3) is 0.875. The molecular weight excluding hydrogens is 344 g/mol. The predicted octanol–water partition coefficient (Wildman–Crippen LogP) is 3.38. The third-order valence-electron chi connectivity index (χ3n) is 2.40. The Morgan fingerprint density at radius 1 is 0.917 bits per heavy atom. The minimum absolute atomic E-state index is 0.121. The monoisotopic (exact) mass is 386 g/mol. The first-order valence-electron chi connectivity index (χ1n) is 8.19. The molecule has 150 valence electrons.